The highest BCUT2D eigenvalue weighted by Crippen LogP contribution is 2.06. The van der Waals surface area contributed by atoms with Crippen LogP contribution in [0.2, 0.25) is 0 Å². The zero-order chi connectivity index (χ0) is 9.68. The Morgan fingerprint density at radius 2 is 2.38 bits per heavy atom. The number of nitrogens with one attached hydrogen (secondary N) is 1. The first kappa shape index (κ1) is 9.95. The molecule has 1 heterocycles. The van der Waals surface area contributed by atoms with E-state index >= 15 is 0 Å². The third-order valence-electron chi connectivity index (χ3n) is 1.95. The lowest BCUT2D eigenvalue weighted by Crippen LogP contribution is -2.38. The molecule has 0 spiro atoms. The van der Waals surface area contributed by atoms with Crippen molar-refractivity contribution in [3.05, 3.63) is 31.4 Å². The molecule has 4 nitrogen and oxygen atoms in total. The van der Waals surface area contributed by atoms with Gasteiger partial charge in [-0.25, -0.2) is 4.57 Å². The molecular formula is C9H15N2O2+. The highest BCUT2D eigenvalue weighted by atomic mass is 16.3. The summed E-state index contributed by atoms with van der Waals surface area (Å²) in [5.41, 5.74) is 0. The van der Waals surface area contributed by atoms with E-state index in [0.717, 1.165) is 0 Å². The zero-order valence-electron chi connectivity index (χ0n) is 7.43. The van der Waals surface area contributed by atoms with Gasteiger partial charge in [-0.1, -0.05) is 6.58 Å². The first-order valence-corrected chi connectivity index (χ1v) is 4.23. The molecule has 0 fully saturated rings. The van der Waals surface area contributed by atoms with Crippen molar-refractivity contribution in [3.63, 3.8) is 0 Å². The zero-order valence-corrected chi connectivity index (χ0v) is 7.43. The lowest BCUT2D eigenvalue weighted by Gasteiger charge is -2.12. The molecule has 0 aliphatic rings. The van der Waals surface area contributed by atoms with E-state index in [9.17, 15) is 5.11 Å². The van der Waals surface area contributed by atoms with Gasteiger partial charge < -0.3 is 10.2 Å². The van der Waals surface area contributed by atoms with Gasteiger partial charge >= 0.3 is 0 Å². The number of nitrogens with zero attached hydrogens (tertiary/aromatic N) is 1. The monoisotopic (exact) mass is 183 g/mol. The second-order valence-electron chi connectivity index (χ2n) is 2.93. The molecule has 4 heteroatoms. The predicted molar refractivity (Wildman–Crippen MR) is 47.9 cm³/mol. The Morgan fingerprint density at radius 3 is 2.85 bits per heavy atom. The number of H-pyrrole nitrogens is 1. The SMILES string of the molecule is C=CC(CC(O)CO)[n+]1cc[nH]c1. The van der Waals surface area contributed by atoms with Crippen LogP contribution in [0.15, 0.2) is 31.4 Å². The van der Waals surface area contributed by atoms with Gasteiger partial charge in [0.15, 0.2) is 0 Å². The van der Waals surface area contributed by atoms with E-state index < -0.39 is 6.10 Å². The maximum Gasteiger partial charge on any atom is 0.242 e. The van der Waals surface area contributed by atoms with E-state index in [-0.39, 0.29) is 12.6 Å². The highest BCUT2D eigenvalue weighted by molar-refractivity contribution is 4.77. The maximum atomic E-state index is 9.24. The summed E-state index contributed by atoms with van der Waals surface area (Å²) in [5.74, 6) is 0. The Kier molecular flexibility index (Phi) is 3.67. The van der Waals surface area contributed by atoms with Crippen molar-refractivity contribution in [1.82, 2.24) is 4.98 Å². The molecule has 0 bridgehead atoms. The predicted octanol–water partition coefficient (Wildman–Crippen LogP) is -0.227. The molecule has 0 aliphatic carbocycles. The lowest BCUT2D eigenvalue weighted by molar-refractivity contribution is -0.712. The summed E-state index contributed by atoms with van der Waals surface area (Å²) in [6.45, 7) is 3.46. The normalized spacial score (nSPS) is 15.2. The van der Waals surface area contributed by atoms with Crippen molar-refractivity contribution in [2.75, 3.05) is 6.61 Å². The van der Waals surface area contributed by atoms with E-state index in [2.05, 4.69) is 11.6 Å². The number of aromatic amines is 1. The third-order valence-corrected chi connectivity index (χ3v) is 1.95. The van der Waals surface area contributed by atoms with Crippen LogP contribution >= 0.6 is 0 Å². The Morgan fingerprint density at radius 1 is 1.62 bits per heavy atom. The highest BCUT2D eigenvalue weighted by Gasteiger charge is 2.15. The average molecular weight is 183 g/mol. The van der Waals surface area contributed by atoms with Crippen molar-refractivity contribution in [3.8, 4) is 0 Å². The molecule has 0 aromatic carbocycles. The van der Waals surface area contributed by atoms with Crippen LogP contribution < -0.4 is 4.57 Å². The standard InChI is InChI=1S/C9H14N2O2/c1-2-8(5-9(13)6-12)11-4-3-10-7-11/h2-4,7-9,12-13H,1,5-6H2/p+1. The Balaban J connectivity index is 2.58. The smallest absolute Gasteiger partial charge is 0.242 e. The Bertz CT molecular complexity index is 246. The average Bonchev–Trinajstić information content (AvgIpc) is 2.66. The van der Waals surface area contributed by atoms with Crippen LogP contribution in [-0.4, -0.2) is 27.9 Å². The fraction of sp³-hybridized carbons (Fsp3) is 0.444. The number of aromatic nitrogens is 2. The molecule has 13 heavy (non-hydrogen) atoms. The molecule has 72 valence electrons. The van der Waals surface area contributed by atoms with E-state index in [1.165, 1.54) is 0 Å². The quantitative estimate of drug-likeness (QED) is 0.436. The van der Waals surface area contributed by atoms with Gasteiger partial charge in [0, 0.05) is 6.42 Å². The largest absolute Gasteiger partial charge is 0.394 e. The molecule has 0 saturated carbocycles. The Labute approximate surface area is 77.2 Å². The number of hydrogen-bond donors (Lipinski definition) is 3. The van der Waals surface area contributed by atoms with Crippen LogP contribution in [0, 0.1) is 0 Å². The van der Waals surface area contributed by atoms with Crippen LogP contribution in [0.1, 0.15) is 12.5 Å². The number of aliphatic hydroxyl groups excluding tert-OH is 2. The molecule has 1 rings (SSSR count). The first-order chi connectivity index (χ1) is 6.27. The van der Waals surface area contributed by atoms with Gasteiger partial charge in [-0.15, -0.1) is 0 Å². The number of allylic oxidation sites excluding steroid dienone is 1. The van der Waals surface area contributed by atoms with E-state index in [1.54, 1.807) is 18.6 Å². The number of rotatable bonds is 5. The first-order valence-electron chi connectivity index (χ1n) is 4.23. The minimum Gasteiger partial charge on any atom is -0.394 e. The Hall–Kier alpha value is -1.13. The summed E-state index contributed by atoms with van der Waals surface area (Å²) < 4.78 is 1.89. The summed E-state index contributed by atoms with van der Waals surface area (Å²) in [6.07, 6.45) is 6.97. The van der Waals surface area contributed by atoms with Crippen LogP contribution in [0.4, 0.5) is 0 Å². The van der Waals surface area contributed by atoms with Crippen LogP contribution in [0.3, 0.4) is 0 Å². The molecule has 1 aromatic heterocycles. The topological polar surface area (TPSA) is 60.1 Å². The summed E-state index contributed by atoms with van der Waals surface area (Å²) in [4.78, 5) is 2.91. The molecule has 0 aliphatic heterocycles. The second-order valence-corrected chi connectivity index (χ2v) is 2.93. The van der Waals surface area contributed by atoms with Crippen molar-refractivity contribution in [2.24, 2.45) is 0 Å². The molecular weight excluding hydrogens is 168 g/mol. The number of aliphatic hydroxyl groups is 2. The summed E-state index contributed by atoms with van der Waals surface area (Å²) in [6, 6.07) is 0.0217. The van der Waals surface area contributed by atoms with Gasteiger partial charge in [-0.3, -0.25) is 4.98 Å². The van der Waals surface area contributed by atoms with Crippen molar-refractivity contribution in [1.29, 1.82) is 0 Å². The third kappa shape index (κ3) is 2.68. The summed E-state index contributed by atoms with van der Waals surface area (Å²) in [7, 11) is 0. The van der Waals surface area contributed by atoms with Crippen molar-refractivity contribution in [2.45, 2.75) is 18.6 Å². The minimum absolute atomic E-state index is 0.0217. The van der Waals surface area contributed by atoms with Crippen LogP contribution in [-0.2, 0) is 0 Å². The van der Waals surface area contributed by atoms with E-state index in [1.807, 2.05) is 10.8 Å². The van der Waals surface area contributed by atoms with Gasteiger partial charge in [0.1, 0.15) is 18.4 Å². The fourth-order valence-corrected chi connectivity index (χ4v) is 1.20. The molecule has 0 saturated heterocycles. The maximum absolute atomic E-state index is 9.24. The van der Waals surface area contributed by atoms with Crippen LogP contribution in [0.25, 0.3) is 0 Å². The summed E-state index contributed by atoms with van der Waals surface area (Å²) in [5, 5.41) is 17.9. The van der Waals surface area contributed by atoms with Gasteiger partial charge in [-0.2, -0.15) is 0 Å². The minimum atomic E-state index is -0.689. The molecule has 2 atom stereocenters. The van der Waals surface area contributed by atoms with Crippen molar-refractivity contribution < 1.29 is 14.8 Å². The molecule has 0 amide bonds. The second kappa shape index (κ2) is 4.79. The van der Waals surface area contributed by atoms with Gasteiger partial charge in [0.05, 0.1) is 12.7 Å². The molecule has 3 N–H and O–H groups in total. The molecule has 1 aromatic rings. The van der Waals surface area contributed by atoms with Gasteiger partial charge in [0.25, 0.3) is 0 Å². The summed E-state index contributed by atoms with van der Waals surface area (Å²) >= 11 is 0. The fourth-order valence-electron chi connectivity index (χ4n) is 1.20. The van der Waals surface area contributed by atoms with Gasteiger partial charge in [0.2, 0.25) is 6.33 Å². The van der Waals surface area contributed by atoms with E-state index in [0.29, 0.717) is 6.42 Å². The lowest BCUT2D eigenvalue weighted by atomic mass is 10.1. The molecule has 0 radical (unpaired) electrons. The van der Waals surface area contributed by atoms with Crippen LogP contribution in [0.5, 0.6) is 0 Å². The number of hydrogen-bond acceptors (Lipinski definition) is 2. The number of imidazole rings is 1. The molecule has 2 unspecified atom stereocenters. The van der Waals surface area contributed by atoms with Crippen molar-refractivity contribution >= 4 is 0 Å². The van der Waals surface area contributed by atoms with Gasteiger partial charge in [-0.05, 0) is 6.08 Å². The van der Waals surface area contributed by atoms with E-state index in [4.69, 9.17) is 5.11 Å².